The van der Waals surface area contributed by atoms with Crippen LogP contribution in [0.25, 0.3) is 11.3 Å². The maximum Gasteiger partial charge on any atom is 0.166 e. The number of anilines is 1. The van der Waals surface area contributed by atoms with E-state index in [1.165, 1.54) is 16.9 Å². The Bertz CT molecular complexity index is 1330. The van der Waals surface area contributed by atoms with Gasteiger partial charge in [-0.2, -0.15) is 20.1 Å². The molecule has 0 saturated carbocycles. The summed E-state index contributed by atoms with van der Waals surface area (Å²) < 4.78 is 28.6. The third-order valence-electron chi connectivity index (χ3n) is 5.60. The van der Waals surface area contributed by atoms with Gasteiger partial charge in [0.15, 0.2) is 11.6 Å². The average Bonchev–Trinajstić information content (AvgIpc) is 3.38. The Balaban J connectivity index is 1.50. The highest BCUT2D eigenvalue weighted by Gasteiger charge is 2.23. The molecule has 176 valence electrons. The minimum Gasteiger partial charge on any atom is -0.482 e. The van der Waals surface area contributed by atoms with Gasteiger partial charge in [-0.25, -0.2) is 9.37 Å². The summed E-state index contributed by atoms with van der Waals surface area (Å²) in [6.45, 7) is 3.76. The Kier molecular flexibility index (Phi) is 6.05. The van der Waals surface area contributed by atoms with E-state index in [1.54, 1.807) is 25.4 Å². The number of fused-ring (bicyclic) bond motifs is 1. The number of hydrogen-bond donors (Lipinski definition) is 1. The van der Waals surface area contributed by atoms with Crippen LogP contribution in [0.3, 0.4) is 0 Å². The van der Waals surface area contributed by atoms with Crippen molar-refractivity contribution in [3.63, 3.8) is 0 Å². The molecule has 0 unspecified atom stereocenters. The second-order valence-electron chi connectivity index (χ2n) is 8.09. The molecule has 3 aromatic heterocycles. The lowest BCUT2D eigenvalue weighted by Crippen LogP contribution is -2.16. The van der Waals surface area contributed by atoms with Crippen LogP contribution in [-0.2, 0) is 31.4 Å². The molecule has 0 bridgehead atoms. The van der Waals surface area contributed by atoms with Gasteiger partial charge in [0.25, 0.3) is 0 Å². The minimum absolute atomic E-state index is 0.251. The first-order chi connectivity index (χ1) is 16.4. The van der Waals surface area contributed by atoms with Crippen molar-refractivity contribution in [2.24, 2.45) is 7.05 Å². The van der Waals surface area contributed by atoms with Crippen LogP contribution in [0.15, 0.2) is 41.0 Å². The third kappa shape index (κ3) is 4.53. The summed E-state index contributed by atoms with van der Waals surface area (Å²) in [5, 5.41) is 13.9. The summed E-state index contributed by atoms with van der Waals surface area (Å²) in [4.78, 5) is 5.62. The minimum atomic E-state index is -0.531. The molecular weight excluding hydrogens is 505 g/mol. The van der Waals surface area contributed by atoms with E-state index in [1.807, 2.05) is 17.7 Å². The van der Waals surface area contributed by atoms with Crippen molar-refractivity contribution in [1.29, 1.82) is 0 Å². The van der Waals surface area contributed by atoms with Crippen LogP contribution in [0.1, 0.15) is 35.7 Å². The second-order valence-corrected chi connectivity index (χ2v) is 9.01. The van der Waals surface area contributed by atoms with Crippen LogP contribution >= 0.6 is 15.9 Å². The predicted octanol–water partition coefficient (Wildman–Crippen LogP) is 3.82. The van der Waals surface area contributed by atoms with Crippen molar-refractivity contribution in [3.05, 3.63) is 69.5 Å². The topological polar surface area (TPSA) is 106 Å². The van der Waals surface area contributed by atoms with E-state index in [9.17, 15) is 4.39 Å². The summed E-state index contributed by atoms with van der Waals surface area (Å²) in [5.74, 6) is 0.282. The fourth-order valence-electron chi connectivity index (χ4n) is 4.05. The molecule has 0 saturated heterocycles. The van der Waals surface area contributed by atoms with Gasteiger partial charge >= 0.3 is 0 Å². The molecule has 0 radical (unpaired) electrons. The number of hydrogen-bond acceptors (Lipinski definition) is 7. The van der Waals surface area contributed by atoms with Crippen molar-refractivity contribution in [2.75, 3.05) is 12.3 Å². The Morgan fingerprint density at radius 2 is 2.09 bits per heavy atom. The molecule has 0 fully saturated rings. The lowest BCUT2D eigenvalue weighted by molar-refractivity contribution is 0.0800. The van der Waals surface area contributed by atoms with Gasteiger partial charge in [-0.15, -0.1) is 0 Å². The molecule has 9 nitrogen and oxygen atoms in total. The van der Waals surface area contributed by atoms with Crippen LogP contribution in [-0.4, -0.2) is 36.4 Å². The number of rotatable bonds is 6. The highest BCUT2D eigenvalue weighted by molar-refractivity contribution is 9.10. The Labute approximate surface area is 203 Å². The van der Waals surface area contributed by atoms with Crippen molar-refractivity contribution in [1.82, 2.24) is 29.8 Å². The molecule has 2 N–H and O–H groups in total. The molecule has 1 aliphatic heterocycles. The van der Waals surface area contributed by atoms with E-state index in [4.69, 9.17) is 15.2 Å². The number of nitrogens with zero attached hydrogens (tertiary/aromatic N) is 6. The number of aryl methyl sites for hydroxylation is 1. The Morgan fingerprint density at radius 1 is 1.24 bits per heavy atom. The number of pyridine rings is 1. The largest absolute Gasteiger partial charge is 0.482 e. The van der Waals surface area contributed by atoms with Crippen LogP contribution in [0, 0.1) is 5.82 Å². The fourth-order valence-corrected chi connectivity index (χ4v) is 4.36. The van der Waals surface area contributed by atoms with E-state index in [0.717, 1.165) is 33.7 Å². The first kappa shape index (κ1) is 22.5. The van der Waals surface area contributed by atoms with Crippen LogP contribution in [0.2, 0.25) is 0 Å². The van der Waals surface area contributed by atoms with Gasteiger partial charge in [-0.1, -0.05) is 0 Å². The highest BCUT2D eigenvalue weighted by atomic mass is 79.9. The SMILES string of the molecule is C[C@@H](Oc1cc(Br)cnc1N)c1cc(F)ccc1-c1nn(C)nc1Cc1cc2n(n1)CCOC2. The maximum atomic E-state index is 14.3. The van der Waals surface area contributed by atoms with E-state index in [0.29, 0.717) is 36.6 Å². The predicted molar refractivity (Wildman–Crippen MR) is 126 cm³/mol. The number of nitrogen functional groups attached to an aromatic ring is 1. The summed E-state index contributed by atoms with van der Waals surface area (Å²) in [5.41, 5.74) is 10.6. The molecule has 11 heteroatoms. The monoisotopic (exact) mass is 527 g/mol. The first-order valence-electron chi connectivity index (χ1n) is 10.8. The van der Waals surface area contributed by atoms with Gasteiger partial charge in [0, 0.05) is 35.3 Å². The van der Waals surface area contributed by atoms with E-state index >= 15 is 0 Å². The summed E-state index contributed by atoms with van der Waals surface area (Å²) in [6.07, 6.45) is 1.54. The third-order valence-corrected chi connectivity index (χ3v) is 6.04. The van der Waals surface area contributed by atoms with E-state index < -0.39 is 6.10 Å². The lowest BCUT2D eigenvalue weighted by Gasteiger charge is -2.19. The molecule has 0 spiro atoms. The molecule has 0 amide bonds. The van der Waals surface area contributed by atoms with Crippen LogP contribution in [0.4, 0.5) is 10.2 Å². The standard InChI is InChI=1S/C23H23BrFN7O2/c1-13(34-21-7-14(24)11-27-23(21)26)19-8-15(25)3-4-18(19)22-20(29-31(2)30-22)10-16-9-17-12-33-6-5-32(17)28-16/h3-4,7-9,11,13H,5-6,10,12H2,1-2H3,(H2,26,27)/t13-/m1/s1. The molecule has 4 heterocycles. The number of nitrogens with two attached hydrogens (primary N) is 1. The maximum absolute atomic E-state index is 14.3. The van der Waals surface area contributed by atoms with Crippen molar-refractivity contribution in [2.45, 2.75) is 32.6 Å². The van der Waals surface area contributed by atoms with Gasteiger partial charge in [0.1, 0.15) is 17.6 Å². The number of halogens is 2. The Hall–Kier alpha value is -3.31. The van der Waals surface area contributed by atoms with Crippen molar-refractivity contribution < 1.29 is 13.9 Å². The van der Waals surface area contributed by atoms with Gasteiger partial charge in [0.05, 0.1) is 36.8 Å². The number of ether oxygens (including phenoxy) is 2. The van der Waals surface area contributed by atoms with Crippen molar-refractivity contribution >= 4 is 21.7 Å². The average molecular weight is 528 g/mol. The molecule has 5 rings (SSSR count). The normalized spacial score (nSPS) is 14.1. The van der Waals surface area contributed by atoms with Gasteiger partial charge in [-0.05, 0) is 53.2 Å². The molecule has 1 aliphatic rings. The first-order valence-corrected chi connectivity index (χ1v) is 11.6. The van der Waals surface area contributed by atoms with Crippen molar-refractivity contribution in [3.8, 4) is 17.0 Å². The van der Waals surface area contributed by atoms with Crippen LogP contribution < -0.4 is 10.5 Å². The second kappa shape index (κ2) is 9.15. The number of benzene rings is 1. The fraction of sp³-hybridized carbons (Fsp3) is 0.304. The zero-order valence-electron chi connectivity index (χ0n) is 18.7. The van der Waals surface area contributed by atoms with Gasteiger partial charge in [-0.3, -0.25) is 4.68 Å². The van der Waals surface area contributed by atoms with Gasteiger partial charge in [0.2, 0.25) is 0 Å². The molecule has 0 aliphatic carbocycles. The zero-order valence-corrected chi connectivity index (χ0v) is 20.3. The number of aromatic nitrogens is 6. The van der Waals surface area contributed by atoms with Crippen LogP contribution in [0.5, 0.6) is 5.75 Å². The molecule has 1 atom stereocenters. The summed E-state index contributed by atoms with van der Waals surface area (Å²) >= 11 is 3.38. The van der Waals surface area contributed by atoms with E-state index in [2.05, 4.69) is 36.2 Å². The van der Waals surface area contributed by atoms with Gasteiger partial charge < -0.3 is 15.2 Å². The molecule has 34 heavy (non-hydrogen) atoms. The quantitative estimate of drug-likeness (QED) is 0.406. The molecular formula is C23H23BrFN7O2. The lowest BCUT2D eigenvalue weighted by atomic mass is 9.98. The van der Waals surface area contributed by atoms with E-state index in [-0.39, 0.29) is 11.6 Å². The molecule has 1 aromatic carbocycles. The molecule has 4 aromatic rings. The summed E-state index contributed by atoms with van der Waals surface area (Å²) in [7, 11) is 1.76. The summed E-state index contributed by atoms with van der Waals surface area (Å²) in [6, 6.07) is 8.32. The zero-order chi connectivity index (χ0) is 23.8. The smallest absolute Gasteiger partial charge is 0.166 e. The highest BCUT2D eigenvalue weighted by Crippen LogP contribution is 2.34. The Morgan fingerprint density at radius 3 is 2.91 bits per heavy atom.